The van der Waals surface area contributed by atoms with Crippen molar-refractivity contribution in [3.05, 3.63) is 58.8 Å². The second-order valence-electron chi connectivity index (χ2n) is 7.37. The van der Waals surface area contributed by atoms with Gasteiger partial charge in [-0.2, -0.15) is 0 Å². The molecule has 1 fully saturated rings. The summed E-state index contributed by atoms with van der Waals surface area (Å²) < 4.78 is 16.7. The smallest absolute Gasteiger partial charge is 0.291 e. The average molecular weight is 444 g/mol. The van der Waals surface area contributed by atoms with Crippen molar-refractivity contribution in [2.24, 2.45) is 0 Å². The van der Waals surface area contributed by atoms with Crippen LogP contribution in [0, 0.1) is 0 Å². The third-order valence-electron chi connectivity index (χ3n) is 5.31. The summed E-state index contributed by atoms with van der Waals surface area (Å²) >= 11 is 5.91. The van der Waals surface area contributed by atoms with Crippen LogP contribution in [0.1, 0.15) is 16.1 Å². The van der Waals surface area contributed by atoms with Gasteiger partial charge in [-0.3, -0.25) is 9.69 Å². The standard InChI is InChI=1S/C23H26ClN3O4/c1-29-20-7-2-16(15-25-8-9-27-10-12-30-13-11-27)19-14-21(31-22(19)20)23(28)26-18-5-3-17(24)4-6-18/h2-7,14,25H,8-13,15H2,1H3,(H,26,28). The molecule has 164 valence electrons. The molecule has 8 heteroatoms. The van der Waals surface area contributed by atoms with Crippen molar-refractivity contribution in [3.63, 3.8) is 0 Å². The number of rotatable bonds is 8. The predicted octanol–water partition coefficient (Wildman–Crippen LogP) is 3.77. The minimum atomic E-state index is -0.327. The van der Waals surface area contributed by atoms with Gasteiger partial charge >= 0.3 is 0 Å². The van der Waals surface area contributed by atoms with E-state index in [-0.39, 0.29) is 11.7 Å². The number of nitrogens with one attached hydrogen (secondary N) is 2. The Balaban J connectivity index is 1.45. The van der Waals surface area contributed by atoms with Crippen LogP contribution < -0.4 is 15.4 Å². The number of carbonyl (C=O) groups is 1. The number of ether oxygens (including phenoxy) is 2. The van der Waals surface area contributed by atoms with Crippen molar-refractivity contribution in [1.29, 1.82) is 0 Å². The first-order valence-electron chi connectivity index (χ1n) is 10.3. The normalized spacial score (nSPS) is 14.6. The lowest BCUT2D eigenvalue weighted by atomic mass is 10.1. The Kier molecular flexibility index (Phi) is 7.09. The molecule has 0 bridgehead atoms. The summed E-state index contributed by atoms with van der Waals surface area (Å²) in [7, 11) is 1.59. The molecule has 0 saturated carbocycles. The van der Waals surface area contributed by atoms with Gasteiger partial charge in [0.15, 0.2) is 17.1 Å². The topological polar surface area (TPSA) is 76.0 Å². The first-order chi connectivity index (χ1) is 15.1. The van der Waals surface area contributed by atoms with Gasteiger partial charge in [0.05, 0.1) is 20.3 Å². The Hall–Kier alpha value is -2.58. The van der Waals surface area contributed by atoms with Gasteiger partial charge in [0.2, 0.25) is 0 Å². The van der Waals surface area contributed by atoms with E-state index in [9.17, 15) is 4.79 Å². The molecule has 0 unspecified atom stereocenters. The van der Waals surface area contributed by atoms with Crippen molar-refractivity contribution in [1.82, 2.24) is 10.2 Å². The number of amides is 1. The van der Waals surface area contributed by atoms with E-state index >= 15 is 0 Å². The zero-order chi connectivity index (χ0) is 21.6. The maximum atomic E-state index is 12.7. The van der Waals surface area contributed by atoms with Crippen LogP contribution in [0.25, 0.3) is 11.0 Å². The Morgan fingerprint density at radius 3 is 2.68 bits per heavy atom. The van der Waals surface area contributed by atoms with Gasteiger partial charge in [0.25, 0.3) is 5.91 Å². The molecule has 0 atom stereocenters. The second kappa shape index (κ2) is 10.2. The first kappa shape index (κ1) is 21.6. The van der Waals surface area contributed by atoms with Crippen LogP contribution >= 0.6 is 11.6 Å². The molecular weight excluding hydrogens is 418 g/mol. The zero-order valence-corrected chi connectivity index (χ0v) is 18.2. The van der Waals surface area contributed by atoms with E-state index in [2.05, 4.69) is 15.5 Å². The highest BCUT2D eigenvalue weighted by molar-refractivity contribution is 6.30. The fourth-order valence-corrected chi connectivity index (χ4v) is 3.72. The minimum absolute atomic E-state index is 0.226. The number of carbonyl (C=O) groups excluding carboxylic acids is 1. The van der Waals surface area contributed by atoms with E-state index in [1.54, 1.807) is 37.4 Å². The Morgan fingerprint density at radius 2 is 1.94 bits per heavy atom. The third kappa shape index (κ3) is 5.37. The number of hydrogen-bond acceptors (Lipinski definition) is 6. The molecular formula is C23H26ClN3O4. The lowest BCUT2D eigenvalue weighted by Crippen LogP contribution is -2.40. The van der Waals surface area contributed by atoms with E-state index in [0.717, 1.165) is 50.3 Å². The Labute approximate surface area is 186 Å². The molecule has 1 amide bonds. The molecule has 0 radical (unpaired) electrons. The molecule has 1 aromatic heterocycles. The van der Waals surface area contributed by atoms with Crippen molar-refractivity contribution in [3.8, 4) is 5.75 Å². The van der Waals surface area contributed by atoms with Crippen molar-refractivity contribution < 1.29 is 18.7 Å². The summed E-state index contributed by atoms with van der Waals surface area (Å²) in [6.45, 7) is 6.06. The Morgan fingerprint density at radius 1 is 1.16 bits per heavy atom. The number of halogens is 1. The van der Waals surface area contributed by atoms with Gasteiger partial charge in [0.1, 0.15) is 0 Å². The van der Waals surface area contributed by atoms with E-state index in [0.29, 0.717) is 28.6 Å². The monoisotopic (exact) mass is 443 g/mol. The van der Waals surface area contributed by atoms with Crippen LogP contribution in [-0.2, 0) is 11.3 Å². The number of methoxy groups -OCH3 is 1. The molecule has 2 aromatic carbocycles. The minimum Gasteiger partial charge on any atom is -0.493 e. The number of benzene rings is 2. The third-order valence-corrected chi connectivity index (χ3v) is 5.56. The van der Waals surface area contributed by atoms with Crippen LogP contribution in [0.15, 0.2) is 46.9 Å². The van der Waals surface area contributed by atoms with Gasteiger partial charge < -0.3 is 24.5 Å². The van der Waals surface area contributed by atoms with Gasteiger partial charge in [-0.15, -0.1) is 0 Å². The fraction of sp³-hybridized carbons (Fsp3) is 0.348. The lowest BCUT2D eigenvalue weighted by Gasteiger charge is -2.26. The Bertz CT molecular complexity index is 1030. The van der Waals surface area contributed by atoms with Crippen LogP contribution in [0.3, 0.4) is 0 Å². The van der Waals surface area contributed by atoms with Gasteiger partial charge in [0, 0.05) is 48.8 Å². The summed E-state index contributed by atoms with van der Waals surface area (Å²) in [5, 5.41) is 7.78. The van der Waals surface area contributed by atoms with Crippen molar-refractivity contribution in [2.75, 3.05) is 51.8 Å². The highest BCUT2D eigenvalue weighted by Crippen LogP contribution is 2.32. The number of furan rings is 1. The molecule has 1 saturated heterocycles. The number of anilines is 1. The number of fused-ring (bicyclic) bond motifs is 1. The van der Waals surface area contributed by atoms with Crippen molar-refractivity contribution in [2.45, 2.75) is 6.54 Å². The predicted molar refractivity (Wildman–Crippen MR) is 121 cm³/mol. The van der Waals surface area contributed by atoms with Crippen molar-refractivity contribution >= 4 is 34.2 Å². The lowest BCUT2D eigenvalue weighted by molar-refractivity contribution is 0.0384. The highest BCUT2D eigenvalue weighted by Gasteiger charge is 2.18. The van der Waals surface area contributed by atoms with Gasteiger partial charge in [-0.1, -0.05) is 17.7 Å². The molecule has 7 nitrogen and oxygen atoms in total. The van der Waals surface area contributed by atoms with E-state index in [1.807, 2.05) is 12.1 Å². The van der Waals surface area contributed by atoms with E-state index in [1.165, 1.54) is 0 Å². The van der Waals surface area contributed by atoms with E-state index < -0.39 is 0 Å². The summed E-state index contributed by atoms with van der Waals surface area (Å²) in [4.78, 5) is 15.1. The molecule has 1 aliphatic rings. The molecule has 0 aliphatic carbocycles. The molecule has 4 rings (SSSR count). The fourth-order valence-electron chi connectivity index (χ4n) is 3.59. The maximum absolute atomic E-state index is 12.7. The molecule has 2 heterocycles. The quantitative estimate of drug-likeness (QED) is 0.516. The molecule has 2 N–H and O–H groups in total. The summed E-state index contributed by atoms with van der Waals surface area (Å²) in [5.74, 6) is 0.494. The molecule has 3 aromatic rings. The average Bonchev–Trinajstić information content (AvgIpc) is 3.25. The number of hydrogen-bond donors (Lipinski definition) is 2. The summed E-state index contributed by atoms with van der Waals surface area (Å²) in [5.41, 5.74) is 2.26. The van der Waals surface area contributed by atoms with Crippen LogP contribution in [-0.4, -0.2) is 57.3 Å². The highest BCUT2D eigenvalue weighted by atomic mass is 35.5. The molecule has 31 heavy (non-hydrogen) atoms. The first-order valence-corrected chi connectivity index (χ1v) is 10.7. The van der Waals surface area contributed by atoms with E-state index in [4.69, 9.17) is 25.5 Å². The van der Waals surface area contributed by atoms with Gasteiger partial charge in [-0.05, 0) is 42.0 Å². The number of morpholine rings is 1. The van der Waals surface area contributed by atoms with Crippen LogP contribution in [0.2, 0.25) is 5.02 Å². The maximum Gasteiger partial charge on any atom is 0.291 e. The molecule has 0 spiro atoms. The zero-order valence-electron chi connectivity index (χ0n) is 17.4. The molecule has 1 aliphatic heterocycles. The second-order valence-corrected chi connectivity index (χ2v) is 7.81. The number of nitrogens with zero attached hydrogens (tertiary/aromatic N) is 1. The van der Waals surface area contributed by atoms with Crippen LogP contribution in [0.4, 0.5) is 5.69 Å². The largest absolute Gasteiger partial charge is 0.493 e. The van der Waals surface area contributed by atoms with Gasteiger partial charge in [-0.25, -0.2) is 0 Å². The SMILES string of the molecule is COc1ccc(CNCCN2CCOCC2)c2cc(C(=O)Nc3ccc(Cl)cc3)oc12. The summed E-state index contributed by atoms with van der Waals surface area (Å²) in [6, 6.07) is 12.6. The summed E-state index contributed by atoms with van der Waals surface area (Å²) in [6.07, 6.45) is 0. The van der Waals surface area contributed by atoms with Crippen LogP contribution in [0.5, 0.6) is 5.75 Å².